The molecule has 0 spiro atoms. The molecule has 0 unspecified atom stereocenters. The predicted octanol–water partition coefficient (Wildman–Crippen LogP) is 4.36. The summed E-state index contributed by atoms with van der Waals surface area (Å²) in [5.74, 6) is -0.00182. The molecule has 0 saturated heterocycles. The molecule has 5 heteroatoms. The quantitative estimate of drug-likeness (QED) is 0.762. The molecule has 0 radical (unpaired) electrons. The van der Waals surface area contributed by atoms with Gasteiger partial charge in [0.2, 0.25) is 0 Å². The normalized spacial score (nSPS) is 16.5. The van der Waals surface area contributed by atoms with Crippen LogP contribution in [0.5, 0.6) is 0 Å². The van der Waals surface area contributed by atoms with Crippen molar-refractivity contribution in [2.75, 3.05) is 0 Å². The number of aromatic nitrogens is 2. The number of thiophene rings is 1. The van der Waals surface area contributed by atoms with Crippen molar-refractivity contribution in [3.63, 3.8) is 0 Å². The van der Waals surface area contributed by atoms with Crippen LogP contribution in [0.25, 0.3) is 5.69 Å². The molecule has 2 heterocycles. The Hall–Kier alpha value is -2.40. The summed E-state index contributed by atoms with van der Waals surface area (Å²) in [4.78, 5) is 12.4. The smallest absolute Gasteiger partial charge is 0.252 e. The maximum atomic E-state index is 12.4. The van der Waals surface area contributed by atoms with Crippen LogP contribution in [-0.4, -0.2) is 15.7 Å². The highest BCUT2D eigenvalue weighted by molar-refractivity contribution is 7.08. The van der Waals surface area contributed by atoms with Gasteiger partial charge in [-0.15, -0.1) is 0 Å². The molecule has 1 amide bonds. The monoisotopic (exact) mass is 351 g/mol. The molecule has 1 N–H and O–H groups in total. The van der Waals surface area contributed by atoms with E-state index in [-0.39, 0.29) is 11.9 Å². The summed E-state index contributed by atoms with van der Waals surface area (Å²) >= 11 is 1.54. The van der Waals surface area contributed by atoms with Gasteiger partial charge in [0.1, 0.15) is 0 Å². The molecule has 1 atom stereocenters. The van der Waals surface area contributed by atoms with Crippen molar-refractivity contribution >= 4 is 17.2 Å². The van der Waals surface area contributed by atoms with Crippen LogP contribution in [0.4, 0.5) is 0 Å². The zero-order valence-corrected chi connectivity index (χ0v) is 15.3. The number of rotatable bonds is 3. The number of aryl methyl sites for hydroxylation is 2. The molecule has 0 saturated carbocycles. The van der Waals surface area contributed by atoms with E-state index in [0.29, 0.717) is 0 Å². The fraction of sp³-hybridized carbons (Fsp3) is 0.300. The molecule has 4 rings (SSSR count). The second-order valence-corrected chi connectivity index (χ2v) is 7.44. The Morgan fingerprint density at radius 2 is 2.16 bits per heavy atom. The van der Waals surface area contributed by atoms with Crippen LogP contribution in [0.1, 0.15) is 51.6 Å². The number of hydrogen-bond acceptors (Lipinski definition) is 3. The molecule has 1 aliphatic rings. The van der Waals surface area contributed by atoms with Crippen LogP contribution in [0.2, 0.25) is 0 Å². The zero-order valence-electron chi connectivity index (χ0n) is 14.5. The highest BCUT2D eigenvalue weighted by atomic mass is 32.1. The van der Waals surface area contributed by atoms with Crippen LogP contribution in [-0.2, 0) is 6.42 Å². The Bertz CT molecular complexity index is 911. The van der Waals surface area contributed by atoms with Gasteiger partial charge in [0.05, 0.1) is 23.5 Å². The Labute approximate surface area is 151 Å². The van der Waals surface area contributed by atoms with E-state index in [2.05, 4.69) is 42.5 Å². The number of benzene rings is 1. The van der Waals surface area contributed by atoms with Crippen molar-refractivity contribution in [3.05, 3.63) is 69.2 Å². The van der Waals surface area contributed by atoms with Crippen LogP contribution >= 0.6 is 11.3 Å². The molecule has 0 fully saturated rings. The lowest BCUT2D eigenvalue weighted by Gasteiger charge is -2.24. The van der Waals surface area contributed by atoms with E-state index in [0.717, 1.165) is 36.1 Å². The van der Waals surface area contributed by atoms with Crippen molar-refractivity contribution in [2.24, 2.45) is 0 Å². The van der Waals surface area contributed by atoms with Gasteiger partial charge in [-0.1, -0.05) is 6.07 Å². The predicted molar refractivity (Wildman–Crippen MR) is 101 cm³/mol. The standard InChI is InChI=1S/C20H21N3OS/c1-13-6-7-16(10-14(13)2)23-19-5-3-4-18(17(19)11-21-23)22-20(24)15-8-9-25-12-15/h6-12,18H,3-5H2,1-2H3,(H,22,24)/t18-/m0/s1. The number of amides is 1. The highest BCUT2D eigenvalue weighted by Gasteiger charge is 2.26. The van der Waals surface area contributed by atoms with Crippen LogP contribution in [0.15, 0.2) is 41.2 Å². The molecule has 4 nitrogen and oxygen atoms in total. The number of nitrogens with zero attached hydrogens (tertiary/aromatic N) is 2. The van der Waals surface area contributed by atoms with Gasteiger partial charge in [0, 0.05) is 16.6 Å². The largest absolute Gasteiger partial charge is 0.345 e. The van der Waals surface area contributed by atoms with Crippen LogP contribution in [0, 0.1) is 13.8 Å². The third kappa shape index (κ3) is 3.00. The maximum Gasteiger partial charge on any atom is 0.252 e. The van der Waals surface area contributed by atoms with E-state index in [1.54, 1.807) is 11.3 Å². The summed E-state index contributed by atoms with van der Waals surface area (Å²) in [5.41, 5.74) is 6.73. The minimum atomic E-state index is -0.00182. The third-order valence-corrected chi connectivity index (χ3v) is 5.69. The first-order valence-electron chi connectivity index (χ1n) is 8.61. The molecule has 0 aliphatic heterocycles. The van der Waals surface area contributed by atoms with Crippen molar-refractivity contribution in [1.29, 1.82) is 0 Å². The van der Waals surface area contributed by atoms with E-state index >= 15 is 0 Å². The summed E-state index contributed by atoms with van der Waals surface area (Å²) in [6, 6.07) is 8.33. The third-order valence-electron chi connectivity index (χ3n) is 5.01. The molecular formula is C20H21N3OS. The second kappa shape index (κ2) is 6.48. The summed E-state index contributed by atoms with van der Waals surface area (Å²) < 4.78 is 2.03. The fourth-order valence-corrected chi connectivity index (χ4v) is 4.06. The summed E-state index contributed by atoms with van der Waals surface area (Å²) in [6.07, 6.45) is 4.93. The van der Waals surface area contributed by atoms with Gasteiger partial charge in [0.15, 0.2) is 0 Å². The van der Waals surface area contributed by atoms with Gasteiger partial charge < -0.3 is 5.32 Å². The first-order valence-corrected chi connectivity index (χ1v) is 9.55. The van der Waals surface area contributed by atoms with E-state index in [1.807, 2.05) is 27.7 Å². The van der Waals surface area contributed by atoms with Gasteiger partial charge in [-0.05, 0) is 67.8 Å². The molecule has 1 aliphatic carbocycles. The maximum absolute atomic E-state index is 12.4. The molecule has 0 bridgehead atoms. The Balaban J connectivity index is 1.64. The highest BCUT2D eigenvalue weighted by Crippen LogP contribution is 2.31. The summed E-state index contributed by atoms with van der Waals surface area (Å²) in [5, 5.41) is 11.6. The number of fused-ring (bicyclic) bond motifs is 1. The second-order valence-electron chi connectivity index (χ2n) is 6.66. The fourth-order valence-electron chi connectivity index (χ4n) is 3.42. The van der Waals surface area contributed by atoms with Gasteiger partial charge in [0.25, 0.3) is 5.91 Å². The van der Waals surface area contributed by atoms with Gasteiger partial charge >= 0.3 is 0 Å². The minimum absolute atomic E-state index is 0.00182. The lowest BCUT2D eigenvalue weighted by molar-refractivity contribution is 0.0933. The Kier molecular flexibility index (Phi) is 4.17. The van der Waals surface area contributed by atoms with Crippen LogP contribution in [0.3, 0.4) is 0 Å². The van der Waals surface area contributed by atoms with Crippen molar-refractivity contribution in [2.45, 2.75) is 39.2 Å². The van der Waals surface area contributed by atoms with E-state index in [4.69, 9.17) is 0 Å². The molecule has 3 aromatic rings. The number of carbonyl (C=O) groups excluding carboxylic acids is 1. The number of nitrogens with one attached hydrogen (secondary N) is 1. The van der Waals surface area contributed by atoms with Gasteiger partial charge in [-0.25, -0.2) is 4.68 Å². The lowest BCUT2D eigenvalue weighted by atomic mass is 9.92. The number of carbonyl (C=O) groups is 1. The van der Waals surface area contributed by atoms with Crippen molar-refractivity contribution in [3.8, 4) is 5.69 Å². The van der Waals surface area contributed by atoms with E-state index in [9.17, 15) is 4.79 Å². The van der Waals surface area contributed by atoms with Crippen molar-refractivity contribution < 1.29 is 4.79 Å². The average Bonchev–Trinajstić information content (AvgIpc) is 3.27. The minimum Gasteiger partial charge on any atom is -0.345 e. The lowest BCUT2D eigenvalue weighted by Crippen LogP contribution is -2.30. The van der Waals surface area contributed by atoms with E-state index < -0.39 is 0 Å². The first kappa shape index (κ1) is 16.1. The molecule has 128 valence electrons. The first-order chi connectivity index (χ1) is 12.1. The zero-order chi connectivity index (χ0) is 17.4. The van der Waals surface area contributed by atoms with Gasteiger partial charge in [-0.3, -0.25) is 4.79 Å². The Morgan fingerprint density at radius 3 is 2.92 bits per heavy atom. The van der Waals surface area contributed by atoms with Crippen LogP contribution < -0.4 is 5.32 Å². The average molecular weight is 351 g/mol. The molecule has 2 aromatic heterocycles. The SMILES string of the molecule is Cc1ccc(-n2ncc3c2CCC[C@@H]3NC(=O)c2ccsc2)cc1C. The molecular weight excluding hydrogens is 330 g/mol. The van der Waals surface area contributed by atoms with Crippen molar-refractivity contribution in [1.82, 2.24) is 15.1 Å². The summed E-state index contributed by atoms with van der Waals surface area (Å²) in [7, 11) is 0. The Morgan fingerprint density at radius 1 is 1.28 bits per heavy atom. The number of hydrogen-bond donors (Lipinski definition) is 1. The molecule has 1 aromatic carbocycles. The molecule has 25 heavy (non-hydrogen) atoms. The topological polar surface area (TPSA) is 46.9 Å². The summed E-state index contributed by atoms with van der Waals surface area (Å²) in [6.45, 7) is 4.24. The van der Waals surface area contributed by atoms with Gasteiger partial charge in [-0.2, -0.15) is 16.4 Å². The van der Waals surface area contributed by atoms with E-state index in [1.165, 1.54) is 16.8 Å².